The zero-order valence-corrected chi connectivity index (χ0v) is 10.5. The highest BCUT2D eigenvalue weighted by Gasteiger charge is 2.23. The maximum Gasteiger partial charge on any atom is 0.122 e. The summed E-state index contributed by atoms with van der Waals surface area (Å²) in [5, 5.41) is 0. The number of ether oxygens (including phenoxy) is 1. The molecule has 0 N–H and O–H groups in total. The van der Waals surface area contributed by atoms with Crippen LogP contribution in [-0.2, 0) is 6.42 Å². The molecule has 1 saturated carbocycles. The first-order valence-corrected chi connectivity index (χ1v) is 7.16. The van der Waals surface area contributed by atoms with Crippen LogP contribution in [0.4, 0.5) is 0 Å². The van der Waals surface area contributed by atoms with E-state index in [9.17, 15) is 0 Å². The summed E-state index contributed by atoms with van der Waals surface area (Å²) >= 11 is 0. The minimum Gasteiger partial charge on any atom is -0.490 e. The number of fused-ring (bicyclic) bond motifs is 1. The molecular weight excluding hydrogens is 208 g/mol. The van der Waals surface area contributed by atoms with Crippen molar-refractivity contribution in [3.05, 3.63) is 29.8 Å². The summed E-state index contributed by atoms with van der Waals surface area (Å²) in [6, 6.07) is 8.53. The van der Waals surface area contributed by atoms with Gasteiger partial charge in [0.1, 0.15) is 5.75 Å². The summed E-state index contributed by atoms with van der Waals surface area (Å²) in [6.45, 7) is 0. The first kappa shape index (κ1) is 11.1. The van der Waals surface area contributed by atoms with Crippen LogP contribution in [0, 0.1) is 5.92 Å². The van der Waals surface area contributed by atoms with Crippen molar-refractivity contribution >= 4 is 0 Å². The second-order valence-corrected chi connectivity index (χ2v) is 5.63. The van der Waals surface area contributed by atoms with Crippen LogP contribution < -0.4 is 4.74 Å². The predicted molar refractivity (Wildman–Crippen MR) is 70.4 cm³/mol. The first-order valence-electron chi connectivity index (χ1n) is 7.16. The normalized spacial score (nSPS) is 25.1. The van der Waals surface area contributed by atoms with Crippen LogP contribution in [-0.4, -0.2) is 6.10 Å². The summed E-state index contributed by atoms with van der Waals surface area (Å²) in [4.78, 5) is 0. The lowest BCUT2D eigenvalue weighted by atomic mass is 9.84. The fraction of sp³-hybridized carbons (Fsp3) is 0.625. The summed E-state index contributed by atoms with van der Waals surface area (Å²) in [6.07, 6.45) is 11.4. The summed E-state index contributed by atoms with van der Waals surface area (Å²) < 4.78 is 6.13. The molecule has 1 aromatic rings. The number of aryl methyl sites for hydroxylation is 1. The van der Waals surface area contributed by atoms with E-state index < -0.39 is 0 Å². The number of para-hydroxylation sites is 1. The highest BCUT2D eigenvalue weighted by Crippen LogP contribution is 2.33. The van der Waals surface area contributed by atoms with Gasteiger partial charge in [-0.05, 0) is 36.8 Å². The quantitative estimate of drug-likeness (QED) is 0.734. The standard InChI is InChI=1S/C16H22O/c1-2-6-13(7-3-1)12-15-11-10-14-8-4-5-9-16(14)17-15/h4-5,8-9,13,15H,1-3,6-7,10-12H2. The molecule has 0 aromatic heterocycles. The van der Waals surface area contributed by atoms with Gasteiger partial charge in [0.25, 0.3) is 0 Å². The van der Waals surface area contributed by atoms with Gasteiger partial charge in [0.15, 0.2) is 0 Å². The SMILES string of the molecule is c1ccc2c(c1)CCC(CC1CCCCC1)O2. The number of rotatable bonds is 2. The van der Waals surface area contributed by atoms with Gasteiger partial charge in [0, 0.05) is 0 Å². The first-order chi connectivity index (χ1) is 8.42. The Kier molecular flexibility index (Phi) is 3.35. The van der Waals surface area contributed by atoms with Gasteiger partial charge in [0.2, 0.25) is 0 Å². The lowest BCUT2D eigenvalue weighted by Gasteiger charge is -2.30. The van der Waals surface area contributed by atoms with Gasteiger partial charge in [-0.1, -0.05) is 50.3 Å². The fourth-order valence-electron chi connectivity index (χ4n) is 3.34. The third-order valence-electron chi connectivity index (χ3n) is 4.32. The van der Waals surface area contributed by atoms with E-state index in [-0.39, 0.29) is 0 Å². The molecule has 1 heterocycles. The van der Waals surface area contributed by atoms with Crippen molar-refractivity contribution in [3.63, 3.8) is 0 Å². The zero-order valence-electron chi connectivity index (χ0n) is 10.5. The Bertz CT molecular complexity index is 366. The van der Waals surface area contributed by atoms with Crippen molar-refractivity contribution in [3.8, 4) is 5.75 Å². The highest BCUT2D eigenvalue weighted by molar-refractivity contribution is 5.35. The minimum atomic E-state index is 0.480. The van der Waals surface area contributed by atoms with Crippen molar-refractivity contribution in [1.29, 1.82) is 0 Å². The molecule has 1 unspecified atom stereocenters. The average molecular weight is 230 g/mol. The Balaban J connectivity index is 1.60. The van der Waals surface area contributed by atoms with Gasteiger partial charge in [-0.15, -0.1) is 0 Å². The molecule has 1 aliphatic carbocycles. The van der Waals surface area contributed by atoms with E-state index in [0.29, 0.717) is 6.10 Å². The van der Waals surface area contributed by atoms with Crippen molar-refractivity contribution < 1.29 is 4.74 Å². The molecular formula is C16H22O. The molecule has 0 saturated heterocycles. The van der Waals surface area contributed by atoms with Gasteiger partial charge in [-0.25, -0.2) is 0 Å². The van der Waals surface area contributed by atoms with E-state index >= 15 is 0 Å². The Morgan fingerprint density at radius 3 is 2.71 bits per heavy atom. The van der Waals surface area contributed by atoms with E-state index in [4.69, 9.17) is 4.74 Å². The van der Waals surface area contributed by atoms with Crippen LogP contribution in [0.3, 0.4) is 0 Å². The Morgan fingerprint density at radius 1 is 1.00 bits per heavy atom. The Hall–Kier alpha value is -0.980. The van der Waals surface area contributed by atoms with Crippen molar-refractivity contribution in [2.45, 2.75) is 57.5 Å². The van der Waals surface area contributed by atoms with Gasteiger partial charge in [-0.2, -0.15) is 0 Å². The van der Waals surface area contributed by atoms with Crippen molar-refractivity contribution in [1.82, 2.24) is 0 Å². The second kappa shape index (κ2) is 5.12. The molecule has 1 heteroatoms. The van der Waals surface area contributed by atoms with Gasteiger partial charge >= 0.3 is 0 Å². The van der Waals surface area contributed by atoms with Crippen LogP contribution in [0.25, 0.3) is 0 Å². The molecule has 0 bridgehead atoms. The van der Waals surface area contributed by atoms with Crippen LogP contribution >= 0.6 is 0 Å². The van der Waals surface area contributed by atoms with E-state index in [0.717, 1.165) is 11.7 Å². The Labute approximate surface area is 104 Å². The third kappa shape index (κ3) is 2.65. The molecule has 1 aliphatic heterocycles. The van der Waals surface area contributed by atoms with Crippen LogP contribution in [0.1, 0.15) is 50.5 Å². The van der Waals surface area contributed by atoms with Crippen molar-refractivity contribution in [2.75, 3.05) is 0 Å². The molecule has 1 atom stereocenters. The van der Waals surface area contributed by atoms with Gasteiger partial charge in [-0.3, -0.25) is 0 Å². The maximum atomic E-state index is 6.13. The molecule has 0 spiro atoms. The summed E-state index contributed by atoms with van der Waals surface area (Å²) in [7, 11) is 0. The number of hydrogen-bond acceptors (Lipinski definition) is 1. The van der Waals surface area contributed by atoms with Gasteiger partial charge in [0.05, 0.1) is 6.10 Å². The molecule has 3 rings (SSSR count). The molecule has 1 nitrogen and oxygen atoms in total. The molecule has 1 fully saturated rings. The van der Waals surface area contributed by atoms with Crippen molar-refractivity contribution in [2.24, 2.45) is 5.92 Å². The van der Waals surface area contributed by atoms with E-state index in [1.54, 1.807) is 0 Å². The summed E-state index contributed by atoms with van der Waals surface area (Å²) in [5.41, 5.74) is 1.40. The Morgan fingerprint density at radius 2 is 1.82 bits per heavy atom. The lowest BCUT2D eigenvalue weighted by Crippen LogP contribution is -2.26. The van der Waals surface area contributed by atoms with Gasteiger partial charge < -0.3 is 4.74 Å². The molecule has 17 heavy (non-hydrogen) atoms. The van der Waals surface area contributed by atoms with E-state index in [1.807, 2.05) is 0 Å². The molecule has 0 radical (unpaired) electrons. The largest absolute Gasteiger partial charge is 0.490 e. The number of hydrogen-bond donors (Lipinski definition) is 0. The lowest BCUT2D eigenvalue weighted by molar-refractivity contribution is 0.131. The van der Waals surface area contributed by atoms with Crippen LogP contribution in [0.2, 0.25) is 0 Å². The second-order valence-electron chi connectivity index (χ2n) is 5.63. The predicted octanol–water partition coefficient (Wildman–Crippen LogP) is 4.35. The maximum absolute atomic E-state index is 6.13. The average Bonchev–Trinajstić information content (AvgIpc) is 2.40. The highest BCUT2D eigenvalue weighted by atomic mass is 16.5. The van der Waals surface area contributed by atoms with E-state index in [1.165, 1.54) is 56.9 Å². The third-order valence-corrected chi connectivity index (χ3v) is 4.32. The fourth-order valence-corrected chi connectivity index (χ4v) is 3.34. The minimum absolute atomic E-state index is 0.480. The van der Waals surface area contributed by atoms with Crippen LogP contribution in [0.5, 0.6) is 5.75 Å². The monoisotopic (exact) mass is 230 g/mol. The van der Waals surface area contributed by atoms with E-state index in [2.05, 4.69) is 24.3 Å². The zero-order chi connectivity index (χ0) is 11.5. The molecule has 0 amide bonds. The number of benzene rings is 1. The molecule has 1 aromatic carbocycles. The topological polar surface area (TPSA) is 9.23 Å². The summed E-state index contributed by atoms with van der Waals surface area (Å²) in [5.74, 6) is 2.07. The molecule has 92 valence electrons. The van der Waals surface area contributed by atoms with Crippen LogP contribution in [0.15, 0.2) is 24.3 Å². The smallest absolute Gasteiger partial charge is 0.122 e. The molecule has 2 aliphatic rings.